The molecule has 96 valence electrons. The zero-order valence-corrected chi connectivity index (χ0v) is 11.2. The molecule has 0 radical (unpaired) electrons. The zero-order valence-electron chi connectivity index (χ0n) is 11.2. The lowest BCUT2D eigenvalue weighted by Crippen LogP contribution is -2.18. The van der Waals surface area contributed by atoms with E-state index < -0.39 is 0 Å². The topological polar surface area (TPSA) is 55.0 Å². The van der Waals surface area contributed by atoms with Gasteiger partial charge in [-0.05, 0) is 17.5 Å². The maximum atomic E-state index is 12.0. The van der Waals surface area contributed by atoms with Gasteiger partial charge in [0.25, 0.3) is 5.56 Å². The van der Waals surface area contributed by atoms with E-state index in [-0.39, 0.29) is 11.0 Å². The highest BCUT2D eigenvalue weighted by Gasteiger charge is 2.15. The predicted molar refractivity (Wildman–Crippen MR) is 72.1 cm³/mol. The van der Waals surface area contributed by atoms with E-state index >= 15 is 0 Å². The third kappa shape index (κ3) is 2.53. The summed E-state index contributed by atoms with van der Waals surface area (Å²) in [6, 6.07) is 5.36. The maximum absolute atomic E-state index is 12.0. The Kier molecular flexibility index (Phi) is 3.11. The Balaban J connectivity index is 2.63. The van der Waals surface area contributed by atoms with E-state index in [2.05, 4.69) is 30.7 Å². The van der Waals surface area contributed by atoms with E-state index in [1.165, 1.54) is 0 Å². The summed E-state index contributed by atoms with van der Waals surface area (Å²) in [4.78, 5) is 19.3. The van der Waals surface area contributed by atoms with Crippen LogP contribution in [0.25, 0.3) is 10.9 Å². The van der Waals surface area contributed by atoms with Crippen LogP contribution in [0, 0.1) is 5.41 Å². The molecule has 0 amide bonds. The van der Waals surface area contributed by atoms with Crippen LogP contribution in [0.3, 0.4) is 0 Å². The molecule has 1 N–H and O–H groups in total. The summed E-state index contributed by atoms with van der Waals surface area (Å²) < 4.78 is 5.25. The molecule has 4 nitrogen and oxygen atoms in total. The second-order valence-corrected chi connectivity index (χ2v) is 5.61. The van der Waals surface area contributed by atoms with Crippen molar-refractivity contribution in [2.75, 3.05) is 7.11 Å². The molecule has 0 aliphatic carbocycles. The Morgan fingerprint density at radius 3 is 2.67 bits per heavy atom. The van der Waals surface area contributed by atoms with Crippen molar-refractivity contribution >= 4 is 10.9 Å². The van der Waals surface area contributed by atoms with Crippen molar-refractivity contribution in [2.45, 2.75) is 27.2 Å². The van der Waals surface area contributed by atoms with Gasteiger partial charge in [-0.25, -0.2) is 4.98 Å². The number of nitrogens with one attached hydrogen (secondary N) is 1. The minimum Gasteiger partial charge on any atom is -0.494 e. The number of para-hydroxylation sites is 1. The summed E-state index contributed by atoms with van der Waals surface area (Å²) in [6.45, 7) is 6.33. The van der Waals surface area contributed by atoms with Gasteiger partial charge in [-0.15, -0.1) is 0 Å². The molecule has 2 aromatic rings. The van der Waals surface area contributed by atoms with Gasteiger partial charge in [0.15, 0.2) is 0 Å². The van der Waals surface area contributed by atoms with E-state index in [0.717, 1.165) is 6.42 Å². The van der Waals surface area contributed by atoms with Crippen LogP contribution in [0.4, 0.5) is 0 Å². The highest BCUT2D eigenvalue weighted by atomic mass is 16.5. The van der Waals surface area contributed by atoms with Crippen LogP contribution in [0.15, 0.2) is 23.0 Å². The Hall–Kier alpha value is -1.84. The first-order chi connectivity index (χ1) is 8.40. The molecule has 1 heterocycles. The van der Waals surface area contributed by atoms with Crippen LogP contribution in [-0.2, 0) is 6.42 Å². The van der Waals surface area contributed by atoms with Gasteiger partial charge in [-0.3, -0.25) is 4.79 Å². The fraction of sp³-hybridized carbons (Fsp3) is 0.429. The summed E-state index contributed by atoms with van der Waals surface area (Å²) >= 11 is 0. The smallest absolute Gasteiger partial charge is 0.258 e. The first-order valence-electron chi connectivity index (χ1n) is 5.96. The van der Waals surface area contributed by atoms with Crippen LogP contribution in [0.1, 0.15) is 26.6 Å². The van der Waals surface area contributed by atoms with Crippen LogP contribution >= 0.6 is 0 Å². The molecule has 0 bridgehead atoms. The molecule has 0 saturated heterocycles. The number of aromatic amines is 1. The van der Waals surface area contributed by atoms with Crippen molar-refractivity contribution in [3.63, 3.8) is 0 Å². The molecule has 0 atom stereocenters. The van der Waals surface area contributed by atoms with Crippen LogP contribution in [-0.4, -0.2) is 17.1 Å². The predicted octanol–water partition coefficient (Wildman–Crippen LogP) is 2.52. The highest BCUT2D eigenvalue weighted by Crippen LogP contribution is 2.23. The lowest BCUT2D eigenvalue weighted by atomic mass is 9.92. The largest absolute Gasteiger partial charge is 0.494 e. The standard InChI is InChI=1S/C14H18N2O2/c1-14(2,3)8-11-15-12-9(13(17)16-11)6-5-7-10(12)18-4/h5-7H,8H2,1-4H3,(H,15,16,17). The van der Waals surface area contributed by atoms with Crippen molar-refractivity contribution in [1.82, 2.24) is 9.97 Å². The number of hydrogen-bond donors (Lipinski definition) is 1. The molecule has 4 heteroatoms. The fourth-order valence-electron chi connectivity index (χ4n) is 1.93. The molecule has 2 rings (SSSR count). The average molecular weight is 246 g/mol. The van der Waals surface area contributed by atoms with Crippen LogP contribution in [0.2, 0.25) is 0 Å². The van der Waals surface area contributed by atoms with Gasteiger partial charge in [0, 0.05) is 6.42 Å². The van der Waals surface area contributed by atoms with Crippen molar-refractivity contribution < 1.29 is 4.74 Å². The van der Waals surface area contributed by atoms with Gasteiger partial charge in [0.2, 0.25) is 0 Å². The summed E-state index contributed by atoms with van der Waals surface area (Å²) in [5.74, 6) is 1.33. The fourth-order valence-corrected chi connectivity index (χ4v) is 1.93. The summed E-state index contributed by atoms with van der Waals surface area (Å²) in [5, 5.41) is 0.562. The van der Waals surface area contributed by atoms with E-state index in [1.807, 2.05) is 6.07 Å². The third-order valence-corrected chi connectivity index (χ3v) is 2.67. The number of fused-ring (bicyclic) bond motifs is 1. The normalized spacial score (nSPS) is 11.8. The van der Waals surface area contributed by atoms with Gasteiger partial charge in [-0.1, -0.05) is 26.8 Å². The molecule has 0 fully saturated rings. The molecule has 0 saturated carbocycles. The minimum atomic E-state index is -0.113. The Morgan fingerprint density at radius 1 is 1.33 bits per heavy atom. The number of rotatable bonds is 2. The van der Waals surface area contributed by atoms with Crippen molar-refractivity contribution in [1.29, 1.82) is 0 Å². The van der Waals surface area contributed by atoms with E-state index in [9.17, 15) is 4.79 Å². The molecule has 1 aromatic carbocycles. The number of aromatic nitrogens is 2. The highest BCUT2D eigenvalue weighted by molar-refractivity contribution is 5.83. The second kappa shape index (κ2) is 4.44. The SMILES string of the molecule is COc1cccc2c(=O)[nH]c(CC(C)(C)C)nc12. The monoisotopic (exact) mass is 246 g/mol. The first-order valence-corrected chi connectivity index (χ1v) is 5.96. The molecule has 0 aliphatic rings. The van der Waals surface area contributed by atoms with Gasteiger partial charge in [0.1, 0.15) is 17.1 Å². The lowest BCUT2D eigenvalue weighted by molar-refractivity contribution is 0.399. The van der Waals surface area contributed by atoms with E-state index in [4.69, 9.17) is 4.74 Å². The van der Waals surface area contributed by atoms with Gasteiger partial charge >= 0.3 is 0 Å². The van der Waals surface area contributed by atoms with Gasteiger partial charge in [0.05, 0.1) is 12.5 Å². The van der Waals surface area contributed by atoms with E-state index in [0.29, 0.717) is 22.5 Å². The molecular weight excluding hydrogens is 228 g/mol. The van der Waals surface area contributed by atoms with Crippen molar-refractivity contribution in [3.05, 3.63) is 34.4 Å². The molecule has 18 heavy (non-hydrogen) atoms. The van der Waals surface area contributed by atoms with Gasteiger partial charge in [-0.2, -0.15) is 0 Å². The van der Waals surface area contributed by atoms with Crippen molar-refractivity contribution in [2.24, 2.45) is 5.41 Å². The number of H-pyrrole nitrogens is 1. The van der Waals surface area contributed by atoms with Crippen LogP contribution in [0.5, 0.6) is 5.75 Å². The molecule has 0 unspecified atom stereocenters. The summed E-state index contributed by atoms with van der Waals surface area (Å²) in [7, 11) is 1.58. The number of ether oxygens (including phenoxy) is 1. The number of benzene rings is 1. The Labute approximate surface area is 106 Å². The van der Waals surface area contributed by atoms with Crippen LogP contribution < -0.4 is 10.3 Å². The Bertz CT molecular complexity index is 624. The second-order valence-electron chi connectivity index (χ2n) is 5.61. The van der Waals surface area contributed by atoms with E-state index in [1.54, 1.807) is 19.2 Å². The lowest BCUT2D eigenvalue weighted by Gasteiger charge is -2.17. The number of hydrogen-bond acceptors (Lipinski definition) is 3. The molecule has 1 aromatic heterocycles. The Morgan fingerprint density at radius 2 is 2.06 bits per heavy atom. The third-order valence-electron chi connectivity index (χ3n) is 2.67. The minimum absolute atomic E-state index is 0.0750. The summed E-state index contributed by atoms with van der Waals surface area (Å²) in [6.07, 6.45) is 0.718. The van der Waals surface area contributed by atoms with Crippen molar-refractivity contribution in [3.8, 4) is 5.75 Å². The maximum Gasteiger partial charge on any atom is 0.258 e. The number of methoxy groups -OCH3 is 1. The zero-order chi connectivity index (χ0) is 13.3. The van der Waals surface area contributed by atoms with Gasteiger partial charge < -0.3 is 9.72 Å². The molecular formula is C14H18N2O2. The summed E-state index contributed by atoms with van der Waals surface area (Å²) in [5.41, 5.74) is 0.590. The first kappa shape index (κ1) is 12.6. The number of nitrogens with zero attached hydrogens (tertiary/aromatic N) is 1. The quantitative estimate of drug-likeness (QED) is 0.885. The average Bonchev–Trinajstić information content (AvgIpc) is 2.26. The molecule has 0 spiro atoms. The molecule has 0 aliphatic heterocycles.